The SMILES string of the molecule is CCn1c(=O)cc(-c2ccccc2)c2ccc(O)cc21. The molecule has 0 saturated carbocycles. The zero-order valence-corrected chi connectivity index (χ0v) is 11.2. The van der Waals surface area contributed by atoms with Gasteiger partial charge in [0.15, 0.2) is 0 Å². The average molecular weight is 265 g/mol. The molecule has 0 aliphatic heterocycles. The molecule has 0 bridgehead atoms. The molecule has 0 radical (unpaired) electrons. The number of phenolic OH excluding ortho intramolecular Hbond substituents is 1. The van der Waals surface area contributed by atoms with Crippen LogP contribution in [0.4, 0.5) is 0 Å². The molecule has 1 aromatic heterocycles. The summed E-state index contributed by atoms with van der Waals surface area (Å²) in [6, 6.07) is 16.6. The number of aryl methyl sites for hydroxylation is 1. The van der Waals surface area contributed by atoms with E-state index in [-0.39, 0.29) is 11.3 Å². The molecule has 3 heteroatoms. The van der Waals surface area contributed by atoms with Crippen LogP contribution >= 0.6 is 0 Å². The predicted molar refractivity (Wildman–Crippen MR) is 81.0 cm³/mol. The molecule has 0 saturated heterocycles. The van der Waals surface area contributed by atoms with E-state index >= 15 is 0 Å². The predicted octanol–water partition coefficient (Wildman–Crippen LogP) is 3.39. The van der Waals surface area contributed by atoms with Crippen molar-refractivity contribution >= 4 is 10.9 Å². The van der Waals surface area contributed by atoms with Crippen molar-refractivity contribution < 1.29 is 5.11 Å². The van der Waals surface area contributed by atoms with Gasteiger partial charge in [-0.1, -0.05) is 30.3 Å². The van der Waals surface area contributed by atoms with Gasteiger partial charge in [0.2, 0.25) is 0 Å². The summed E-state index contributed by atoms with van der Waals surface area (Å²) in [5, 5.41) is 10.7. The Kier molecular flexibility index (Phi) is 3.03. The first kappa shape index (κ1) is 12.5. The second kappa shape index (κ2) is 4.85. The molecule has 3 rings (SSSR count). The summed E-state index contributed by atoms with van der Waals surface area (Å²) < 4.78 is 1.67. The first-order chi connectivity index (χ1) is 9.70. The summed E-state index contributed by atoms with van der Waals surface area (Å²) in [6.45, 7) is 2.50. The fourth-order valence-electron chi connectivity index (χ4n) is 2.55. The third-order valence-corrected chi connectivity index (χ3v) is 3.50. The smallest absolute Gasteiger partial charge is 0.251 e. The van der Waals surface area contributed by atoms with Crippen LogP contribution in [0.3, 0.4) is 0 Å². The lowest BCUT2D eigenvalue weighted by Gasteiger charge is -2.12. The zero-order valence-electron chi connectivity index (χ0n) is 11.2. The van der Waals surface area contributed by atoms with Crippen LogP contribution in [0, 0.1) is 0 Å². The number of hydrogen-bond acceptors (Lipinski definition) is 2. The quantitative estimate of drug-likeness (QED) is 0.771. The molecule has 2 aromatic carbocycles. The lowest BCUT2D eigenvalue weighted by molar-refractivity contribution is 0.475. The van der Waals surface area contributed by atoms with Gasteiger partial charge >= 0.3 is 0 Å². The molecular formula is C17H15NO2. The van der Waals surface area contributed by atoms with Crippen molar-refractivity contribution in [2.75, 3.05) is 0 Å². The van der Waals surface area contributed by atoms with E-state index in [1.165, 1.54) is 0 Å². The Morgan fingerprint density at radius 3 is 2.50 bits per heavy atom. The molecule has 0 unspecified atom stereocenters. The maximum absolute atomic E-state index is 12.3. The van der Waals surface area contributed by atoms with E-state index in [0.717, 1.165) is 22.0 Å². The van der Waals surface area contributed by atoms with Gasteiger partial charge in [-0.2, -0.15) is 0 Å². The van der Waals surface area contributed by atoms with Crippen molar-refractivity contribution in [3.05, 3.63) is 65.0 Å². The van der Waals surface area contributed by atoms with Gasteiger partial charge in [0.25, 0.3) is 5.56 Å². The zero-order chi connectivity index (χ0) is 14.1. The van der Waals surface area contributed by atoms with Gasteiger partial charge in [-0.15, -0.1) is 0 Å². The van der Waals surface area contributed by atoms with Gasteiger partial charge in [0.1, 0.15) is 5.75 Å². The molecule has 0 aliphatic rings. The van der Waals surface area contributed by atoms with E-state index in [0.29, 0.717) is 6.54 Å². The number of phenols is 1. The van der Waals surface area contributed by atoms with Crippen LogP contribution in [-0.4, -0.2) is 9.67 Å². The largest absolute Gasteiger partial charge is 0.508 e. The average Bonchev–Trinajstić information content (AvgIpc) is 2.47. The van der Waals surface area contributed by atoms with E-state index in [4.69, 9.17) is 0 Å². The molecule has 0 aliphatic carbocycles. The summed E-state index contributed by atoms with van der Waals surface area (Å²) in [5.41, 5.74) is 2.61. The Bertz CT molecular complexity index is 820. The normalized spacial score (nSPS) is 10.8. The second-order valence-corrected chi connectivity index (χ2v) is 4.71. The minimum absolute atomic E-state index is 0.0514. The summed E-state index contributed by atoms with van der Waals surface area (Å²) in [7, 11) is 0. The summed E-state index contributed by atoms with van der Waals surface area (Å²) >= 11 is 0. The number of pyridine rings is 1. The molecule has 0 fully saturated rings. The molecule has 3 nitrogen and oxygen atoms in total. The summed E-state index contributed by atoms with van der Waals surface area (Å²) in [4.78, 5) is 12.3. The maximum Gasteiger partial charge on any atom is 0.251 e. The van der Waals surface area contributed by atoms with Crippen molar-refractivity contribution in [3.63, 3.8) is 0 Å². The van der Waals surface area contributed by atoms with Crippen molar-refractivity contribution in [2.45, 2.75) is 13.5 Å². The van der Waals surface area contributed by atoms with Crippen molar-refractivity contribution in [1.82, 2.24) is 4.57 Å². The highest BCUT2D eigenvalue weighted by Gasteiger charge is 2.10. The van der Waals surface area contributed by atoms with E-state index < -0.39 is 0 Å². The van der Waals surface area contributed by atoms with Gasteiger partial charge in [-0.25, -0.2) is 0 Å². The van der Waals surface area contributed by atoms with Gasteiger partial charge in [0.05, 0.1) is 5.52 Å². The Labute approximate surface area is 116 Å². The third kappa shape index (κ3) is 1.97. The van der Waals surface area contributed by atoms with Crippen molar-refractivity contribution in [3.8, 4) is 16.9 Å². The fourth-order valence-corrected chi connectivity index (χ4v) is 2.55. The first-order valence-electron chi connectivity index (χ1n) is 6.62. The molecular weight excluding hydrogens is 250 g/mol. The molecule has 1 heterocycles. The molecule has 20 heavy (non-hydrogen) atoms. The molecule has 1 N–H and O–H groups in total. The number of fused-ring (bicyclic) bond motifs is 1. The number of hydrogen-bond donors (Lipinski definition) is 1. The highest BCUT2D eigenvalue weighted by Crippen LogP contribution is 2.29. The van der Waals surface area contributed by atoms with Crippen LogP contribution in [0.1, 0.15) is 6.92 Å². The number of rotatable bonds is 2. The van der Waals surface area contributed by atoms with E-state index in [1.54, 1.807) is 22.8 Å². The Balaban J connectivity index is 2.43. The van der Waals surface area contributed by atoms with Crippen molar-refractivity contribution in [2.24, 2.45) is 0 Å². The van der Waals surface area contributed by atoms with E-state index in [9.17, 15) is 9.90 Å². The summed E-state index contributed by atoms with van der Waals surface area (Å²) in [6.07, 6.45) is 0. The van der Waals surface area contributed by atoms with Crippen LogP contribution in [0.15, 0.2) is 59.4 Å². The van der Waals surface area contributed by atoms with E-state index in [2.05, 4.69) is 0 Å². The lowest BCUT2D eigenvalue weighted by Crippen LogP contribution is -2.18. The maximum atomic E-state index is 12.3. The van der Waals surface area contributed by atoms with Gasteiger partial charge in [-0.3, -0.25) is 4.79 Å². The third-order valence-electron chi connectivity index (χ3n) is 3.50. The monoisotopic (exact) mass is 265 g/mol. The number of aromatic hydroxyl groups is 1. The van der Waals surface area contributed by atoms with Crippen LogP contribution < -0.4 is 5.56 Å². The number of nitrogens with zero attached hydrogens (tertiary/aromatic N) is 1. The molecule has 0 spiro atoms. The van der Waals surface area contributed by atoms with Crippen LogP contribution in [0.5, 0.6) is 5.75 Å². The Morgan fingerprint density at radius 2 is 1.80 bits per heavy atom. The van der Waals surface area contributed by atoms with Crippen molar-refractivity contribution in [1.29, 1.82) is 0 Å². The number of benzene rings is 2. The highest BCUT2D eigenvalue weighted by atomic mass is 16.3. The van der Waals surface area contributed by atoms with Crippen LogP contribution in [0.2, 0.25) is 0 Å². The second-order valence-electron chi connectivity index (χ2n) is 4.71. The van der Waals surface area contributed by atoms with Gasteiger partial charge < -0.3 is 9.67 Å². The van der Waals surface area contributed by atoms with E-state index in [1.807, 2.05) is 43.3 Å². The molecule has 3 aromatic rings. The first-order valence-corrected chi connectivity index (χ1v) is 6.62. The standard InChI is InChI=1S/C17H15NO2/c1-2-18-16-10-13(19)8-9-14(16)15(11-17(18)20)12-6-4-3-5-7-12/h3-11,19H,2H2,1H3. The molecule has 0 amide bonds. The fraction of sp³-hybridized carbons (Fsp3) is 0.118. The van der Waals surface area contributed by atoms with Crippen LogP contribution in [0.25, 0.3) is 22.0 Å². The molecule has 0 atom stereocenters. The number of aromatic nitrogens is 1. The van der Waals surface area contributed by atoms with Crippen LogP contribution in [-0.2, 0) is 6.54 Å². The summed E-state index contributed by atoms with van der Waals surface area (Å²) in [5.74, 6) is 0.171. The Hall–Kier alpha value is -2.55. The minimum atomic E-state index is -0.0514. The molecule has 100 valence electrons. The topological polar surface area (TPSA) is 42.2 Å². The highest BCUT2D eigenvalue weighted by molar-refractivity contribution is 5.95. The van der Waals surface area contributed by atoms with Gasteiger partial charge in [-0.05, 0) is 30.2 Å². The Morgan fingerprint density at radius 1 is 1.05 bits per heavy atom. The minimum Gasteiger partial charge on any atom is -0.508 e. The van der Waals surface area contributed by atoms with Gasteiger partial charge in [0, 0.05) is 24.1 Å². The lowest BCUT2D eigenvalue weighted by atomic mass is 10.0.